The molecule has 0 spiro atoms. The fourth-order valence-electron chi connectivity index (χ4n) is 4.01. The lowest BCUT2D eigenvalue weighted by Gasteiger charge is -2.31. The van der Waals surface area contributed by atoms with Gasteiger partial charge in [0, 0.05) is 28.6 Å². The number of rotatable bonds is 4. The fraction of sp³-hybridized carbons (Fsp3) is 0.364. The van der Waals surface area contributed by atoms with E-state index in [0.717, 1.165) is 11.9 Å². The van der Waals surface area contributed by atoms with Gasteiger partial charge in [-0.2, -0.15) is 23.4 Å². The molecular formula is C22H20F4N6O. The second-order valence-electron chi connectivity index (χ2n) is 8.65. The van der Waals surface area contributed by atoms with Crippen LogP contribution in [0.1, 0.15) is 31.7 Å². The van der Waals surface area contributed by atoms with Crippen LogP contribution in [0.3, 0.4) is 0 Å². The highest BCUT2D eigenvalue weighted by Crippen LogP contribution is 2.40. The first-order valence-corrected chi connectivity index (χ1v) is 10.4. The summed E-state index contributed by atoms with van der Waals surface area (Å²) in [4.78, 5) is 8.51. The maximum atomic E-state index is 13.5. The average Bonchev–Trinajstić information content (AvgIpc) is 3.35. The minimum absolute atomic E-state index is 0.246. The molecule has 1 N–H and O–H groups in total. The van der Waals surface area contributed by atoms with Gasteiger partial charge in [0.25, 0.3) is 0 Å². The smallest absolute Gasteiger partial charge is 0.367 e. The van der Waals surface area contributed by atoms with Crippen molar-refractivity contribution in [1.82, 2.24) is 29.9 Å². The average molecular weight is 460 g/mol. The summed E-state index contributed by atoms with van der Waals surface area (Å²) in [7, 11) is 0. The predicted octanol–water partition coefficient (Wildman–Crippen LogP) is 4.83. The molecule has 0 atom stereocenters. The molecule has 172 valence electrons. The van der Waals surface area contributed by atoms with Crippen LogP contribution in [-0.4, -0.2) is 41.7 Å². The largest absolute Gasteiger partial charge is 0.389 e. The van der Waals surface area contributed by atoms with Crippen molar-refractivity contribution in [2.75, 3.05) is 0 Å². The Kier molecular flexibility index (Phi) is 4.96. The van der Waals surface area contributed by atoms with E-state index in [-0.39, 0.29) is 18.7 Å². The van der Waals surface area contributed by atoms with E-state index >= 15 is 0 Å². The molecule has 0 aromatic carbocycles. The van der Waals surface area contributed by atoms with Gasteiger partial charge in [0.2, 0.25) is 0 Å². The number of H-pyrrole nitrogens is 1. The molecule has 7 nitrogen and oxygen atoms in total. The van der Waals surface area contributed by atoms with E-state index < -0.39 is 24.0 Å². The first-order chi connectivity index (χ1) is 15.6. The van der Waals surface area contributed by atoms with Crippen molar-refractivity contribution in [1.29, 1.82) is 0 Å². The molecule has 0 fully saturated rings. The fourth-order valence-corrected chi connectivity index (χ4v) is 4.01. The zero-order valence-corrected chi connectivity index (χ0v) is 17.9. The first-order valence-electron chi connectivity index (χ1n) is 10.4. The lowest BCUT2D eigenvalue weighted by molar-refractivity contribution is -0.134. The molecule has 0 aliphatic carbocycles. The molecule has 33 heavy (non-hydrogen) atoms. The Labute approximate surface area is 185 Å². The Balaban J connectivity index is 1.72. The topological polar surface area (TPSA) is 81.5 Å². The second-order valence-corrected chi connectivity index (χ2v) is 8.65. The molecule has 5 heterocycles. The van der Waals surface area contributed by atoms with Gasteiger partial charge < -0.3 is 4.74 Å². The lowest BCUT2D eigenvalue weighted by atomic mass is 9.97. The quantitative estimate of drug-likeness (QED) is 0.442. The highest BCUT2D eigenvalue weighted by Gasteiger charge is 2.33. The van der Waals surface area contributed by atoms with Crippen molar-refractivity contribution in [3.8, 4) is 22.5 Å². The van der Waals surface area contributed by atoms with E-state index in [1.165, 1.54) is 12.1 Å². The third kappa shape index (κ3) is 4.20. The van der Waals surface area contributed by atoms with Crippen LogP contribution < -0.4 is 0 Å². The molecule has 5 rings (SSSR count). The van der Waals surface area contributed by atoms with Crippen molar-refractivity contribution in [2.24, 2.45) is 0 Å². The lowest BCUT2D eigenvalue weighted by Crippen LogP contribution is -2.36. The molecule has 4 aromatic rings. The third-order valence-corrected chi connectivity index (χ3v) is 5.57. The van der Waals surface area contributed by atoms with Crippen LogP contribution in [0.25, 0.3) is 33.5 Å². The summed E-state index contributed by atoms with van der Waals surface area (Å²) in [6, 6.07) is 4.45. The Hall–Kier alpha value is -3.34. The molecule has 1 aliphatic heterocycles. The molecule has 0 amide bonds. The monoisotopic (exact) mass is 460 g/mol. The first kappa shape index (κ1) is 21.5. The van der Waals surface area contributed by atoms with Crippen LogP contribution in [0, 0.1) is 5.82 Å². The van der Waals surface area contributed by atoms with Crippen molar-refractivity contribution in [3.63, 3.8) is 0 Å². The number of ether oxygens (including phenoxy) is 1. The molecule has 0 radical (unpaired) electrons. The van der Waals surface area contributed by atoms with E-state index in [1.807, 2.05) is 18.5 Å². The van der Waals surface area contributed by atoms with E-state index in [1.54, 1.807) is 12.3 Å². The number of fused-ring (bicyclic) bond motifs is 2. The SMILES string of the molecule is CC1(C)Cn2nc(-c3ccc(F)cn3)c(-c3cc(CCC(F)(F)F)nc4[nH]ncc34)c2CO1. The number of nitrogens with one attached hydrogen (secondary N) is 1. The third-order valence-electron chi connectivity index (χ3n) is 5.57. The van der Waals surface area contributed by atoms with Crippen molar-refractivity contribution >= 4 is 11.0 Å². The van der Waals surface area contributed by atoms with Gasteiger partial charge in [-0.05, 0) is 38.5 Å². The molecule has 11 heteroatoms. The molecule has 1 aliphatic rings. The molecule has 0 unspecified atom stereocenters. The van der Waals surface area contributed by atoms with Gasteiger partial charge in [-0.1, -0.05) is 0 Å². The van der Waals surface area contributed by atoms with Crippen LogP contribution in [-0.2, 0) is 24.3 Å². The number of halogens is 4. The van der Waals surface area contributed by atoms with Crippen molar-refractivity contribution in [3.05, 3.63) is 47.8 Å². The van der Waals surface area contributed by atoms with E-state index in [0.29, 0.717) is 40.1 Å². The Bertz CT molecular complexity index is 1320. The van der Waals surface area contributed by atoms with Gasteiger partial charge in [0.05, 0.1) is 42.5 Å². The minimum atomic E-state index is -4.30. The normalized spacial score (nSPS) is 15.7. The van der Waals surface area contributed by atoms with E-state index in [9.17, 15) is 17.6 Å². The zero-order chi connectivity index (χ0) is 23.4. The Morgan fingerprint density at radius 2 is 2.03 bits per heavy atom. The number of pyridine rings is 2. The van der Waals surface area contributed by atoms with Crippen molar-refractivity contribution in [2.45, 2.75) is 51.6 Å². The Morgan fingerprint density at radius 3 is 2.76 bits per heavy atom. The predicted molar refractivity (Wildman–Crippen MR) is 112 cm³/mol. The maximum Gasteiger partial charge on any atom is 0.389 e. The standard InChI is InChI=1S/C22H20F4N6O/c1-21(2)11-32-17(10-33-21)18(19(31-32)16-4-3-12(23)8-27-16)14-7-13(5-6-22(24,25)26)29-20-15(14)9-28-30-20/h3-4,7-9H,5-6,10-11H2,1-2H3,(H,28,29,30). The van der Waals surface area contributed by atoms with Gasteiger partial charge in [-0.15, -0.1) is 0 Å². The van der Waals surface area contributed by atoms with Crippen LogP contribution in [0.4, 0.5) is 17.6 Å². The molecule has 0 bridgehead atoms. The molecule has 0 saturated heterocycles. The number of aromatic amines is 1. The summed E-state index contributed by atoms with van der Waals surface area (Å²) in [6.45, 7) is 4.61. The molecular weight excluding hydrogens is 440 g/mol. The zero-order valence-electron chi connectivity index (χ0n) is 17.9. The molecule has 0 saturated carbocycles. The van der Waals surface area contributed by atoms with Crippen LogP contribution in [0.5, 0.6) is 0 Å². The highest BCUT2D eigenvalue weighted by molar-refractivity contribution is 5.97. The van der Waals surface area contributed by atoms with Gasteiger partial charge in [0.1, 0.15) is 11.5 Å². The maximum absolute atomic E-state index is 13.5. The number of aromatic nitrogens is 6. The van der Waals surface area contributed by atoms with Crippen LogP contribution in [0.15, 0.2) is 30.6 Å². The Morgan fingerprint density at radius 1 is 1.21 bits per heavy atom. The summed E-state index contributed by atoms with van der Waals surface area (Å²) in [6.07, 6.45) is -2.89. The second kappa shape index (κ2) is 7.62. The van der Waals surface area contributed by atoms with Crippen molar-refractivity contribution < 1.29 is 22.3 Å². The van der Waals surface area contributed by atoms with Gasteiger partial charge in [0.15, 0.2) is 5.65 Å². The summed E-state index contributed by atoms with van der Waals surface area (Å²) >= 11 is 0. The van der Waals surface area contributed by atoms with Crippen LogP contribution in [0.2, 0.25) is 0 Å². The van der Waals surface area contributed by atoms with Gasteiger partial charge in [-0.25, -0.2) is 9.37 Å². The van der Waals surface area contributed by atoms with Gasteiger partial charge >= 0.3 is 6.18 Å². The number of hydrogen-bond donors (Lipinski definition) is 1. The minimum Gasteiger partial charge on any atom is -0.367 e. The summed E-state index contributed by atoms with van der Waals surface area (Å²) < 4.78 is 60.0. The summed E-state index contributed by atoms with van der Waals surface area (Å²) in [5, 5.41) is 12.2. The number of hydrogen-bond acceptors (Lipinski definition) is 5. The summed E-state index contributed by atoms with van der Waals surface area (Å²) in [5.74, 6) is -0.482. The summed E-state index contributed by atoms with van der Waals surface area (Å²) in [5.41, 5.74) is 3.16. The van der Waals surface area contributed by atoms with Gasteiger partial charge in [-0.3, -0.25) is 14.8 Å². The van der Waals surface area contributed by atoms with E-state index in [4.69, 9.17) is 9.84 Å². The number of alkyl halides is 3. The molecule has 4 aromatic heterocycles. The highest BCUT2D eigenvalue weighted by atomic mass is 19.4. The van der Waals surface area contributed by atoms with Crippen LogP contribution >= 0.6 is 0 Å². The number of aryl methyl sites for hydroxylation is 1. The number of nitrogens with zero attached hydrogens (tertiary/aromatic N) is 5. The van der Waals surface area contributed by atoms with E-state index in [2.05, 4.69) is 20.2 Å².